The van der Waals surface area contributed by atoms with Gasteiger partial charge in [-0.1, -0.05) is 13.8 Å². The normalized spacial score (nSPS) is 24.1. The summed E-state index contributed by atoms with van der Waals surface area (Å²) in [6.07, 6.45) is 2.54. The minimum atomic E-state index is -0.180. The van der Waals surface area contributed by atoms with Gasteiger partial charge in [-0.05, 0) is 31.8 Å². The van der Waals surface area contributed by atoms with Crippen molar-refractivity contribution in [1.29, 1.82) is 0 Å². The van der Waals surface area contributed by atoms with Crippen molar-refractivity contribution in [2.24, 2.45) is 5.92 Å². The van der Waals surface area contributed by atoms with Gasteiger partial charge in [-0.2, -0.15) is 0 Å². The number of hydrogen-bond donors (Lipinski definition) is 1. The van der Waals surface area contributed by atoms with Gasteiger partial charge < -0.3 is 15.0 Å². The Morgan fingerprint density at radius 2 is 2.38 bits per heavy atom. The lowest BCUT2D eigenvalue weighted by Gasteiger charge is -2.33. The van der Waals surface area contributed by atoms with Gasteiger partial charge in [0, 0.05) is 13.1 Å². The first-order valence-electron chi connectivity index (χ1n) is 6.21. The lowest BCUT2D eigenvalue weighted by atomic mass is 10.00. The standard InChI is InChI=1S/C12H24N2O2/c1-4-13-11(12(15)16-3)9-14-7-5-6-10(2)8-14/h10-11,13H,4-9H2,1-3H3. The van der Waals surface area contributed by atoms with Crippen molar-refractivity contribution in [3.8, 4) is 0 Å². The third-order valence-corrected chi connectivity index (χ3v) is 3.12. The second-order valence-corrected chi connectivity index (χ2v) is 4.64. The molecule has 94 valence electrons. The number of nitrogens with one attached hydrogen (secondary N) is 1. The fraction of sp³-hybridized carbons (Fsp3) is 0.917. The molecule has 0 aromatic carbocycles. The van der Waals surface area contributed by atoms with Crippen molar-refractivity contribution >= 4 is 5.97 Å². The van der Waals surface area contributed by atoms with E-state index >= 15 is 0 Å². The zero-order valence-electron chi connectivity index (χ0n) is 10.7. The average Bonchev–Trinajstić information content (AvgIpc) is 2.27. The molecule has 0 amide bonds. The largest absolute Gasteiger partial charge is 0.468 e. The molecule has 16 heavy (non-hydrogen) atoms. The number of esters is 1. The van der Waals surface area contributed by atoms with Gasteiger partial charge >= 0.3 is 5.97 Å². The highest BCUT2D eigenvalue weighted by Gasteiger charge is 2.24. The van der Waals surface area contributed by atoms with Crippen LogP contribution in [0.15, 0.2) is 0 Å². The summed E-state index contributed by atoms with van der Waals surface area (Å²) in [7, 11) is 1.45. The van der Waals surface area contributed by atoms with E-state index in [1.54, 1.807) is 0 Å². The highest BCUT2D eigenvalue weighted by molar-refractivity contribution is 5.75. The maximum Gasteiger partial charge on any atom is 0.324 e. The lowest BCUT2D eigenvalue weighted by molar-refractivity contribution is -0.143. The summed E-state index contributed by atoms with van der Waals surface area (Å²) in [6, 6.07) is -0.180. The highest BCUT2D eigenvalue weighted by Crippen LogP contribution is 2.15. The van der Waals surface area contributed by atoms with Crippen LogP contribution in [0.4, 0.5) is 0 Å². The van der Waals surface area contributed by atoms with Gasteiger partial charge in [-0.25, -0.2) is 0 Å². The van der Waals surface area contributed by atoms with Crippen LogP contribution in [0.5, 0.6) is 0 Å². The Balaban J connectivity index is 2.43. The van der Waals surface area contributed by atoms with Crippen molar-refractivity contribution < 1.29 is 9.53 Å². The summed E-state index contributed by atoms with van der Waals surface area (Å²) in [5, 5.41) is 3.18. The lowest BCUT2D eigenvalue weighted by Crippen LogP contribution is -2.49. The van der Waals surface area contributed by atoms with Crippen molar-refractivity contribution in [1.82, 2.24) is 10.2 Å². The second-order valence-electron chi connectivity index (χ2n) is 4.64. The number of ether oxygens (including phenoxy) is 1. The van der Waals surface area contributed by atoms with Gasteiger partial charge in [0.25, 0.3) is 0 Å². The molecule has 1 aliphatic heterocycles. The summed E-state index contributed by atoms with van der Waals surface area (Å²) >= 11 is 0. The molecule has 1 fully saturated rings. The Labute approximate surface area is 98.3 Å². The van der Waals surface area contributed by atoms with E-state index in [-0.39, 0.29) is 12.0 Å². The van der Waals surface area contributed by atoms with E-state index in [1.165, 1.54) is 20.0 Å². The van der Waals surface area contributed by atoms with Crippen LogP contribution in [-0.2, 0) is 9.53 Å². The van der Waals surface area contributed by atoms with E-state index < -0.39 is 0 Å². The van der Waals surface area contributed by atoms with Crippen LogP contribution >= 0.6 is 0 Å². The van der Waals surface area contributed by atoms with Gasteiger partial charge in [0.1, 0.15) is 6.04 Å². The molecule has 1 N–H and O–H groups in total. The Kier molecular flexibility index (Phi) is 5.77. The van der Waals surface area contributed by atoms with Crippen LogP contribution in [0.1, 0.15) is 26.7 Å². The zero-order valence-corrected chi connectivity index (χ0v) is 10.7. The molecule has 1 rings (SSSR count). The number of nitrogens with zero attached hydrogens (tertiary/aromatic N) is 1. The topological polar surface area (TPSA) is 41.6 Å². The molecule has 1 heterocycles. The van der Waals surface area contributed by atoms with E-state index in [2.05, 4.69) is 17.1 Å². The van der Waals surface area contributed by atoms with Crippen molar-refractivity contribution in [3.63, 3.8) is 0 Å². The molecule has 2 unspecified atom stereocenters. The maximum atomic E-state index is 11.5. The quantitative estimate of drug-likeness (QED) is 0.709. The number of rotatable bonds is 5. The van der Waals surface area contributed by atoms with E-state index in [0.29, 0.717) is 0 Å². The molecule has 0 aromatic rings. The molecular weight excluding hydrogens is 204 g/mol. The number of likely N-dealkylation sites (tertiary alicyclic amines) is 1. The van der Waals surface area contributed by atoms with E-state index in [0.717, 1.165) is 32.1 Å². The number of likely N-dealkylation sites (N-methyl/N-ethyl adjacent to an activating group) is 1. The molecule has 2 atom stereocenters. The number of carbonyl (C=O) groups is 1. The van der Waals surface area contributed by atoms with Gasteiger partial charge in [0.2, 0.25) is 0 Å². The molecule has 0 spiro atoms. The van der Waals surface area contributed by atoms with E-state index in [4.69, 9.17) is 4.74 Å². The van der Waals surface area contributed by atoms with E-state index in [1.807, 2.05) is 6.92 Å². The highest BCUT2D eigenvalue weighted by atomic mass is 16.5. The maximum absolute atomic E-state index is 11.5. The predicted octanol–water partition coefficient (Wildman–Crippen LogP) is 0.869. The van der Waals surface area contributed by atoms with Crippen LogP contribution < -0.4 is 5.32 Å². The summed E-state index contributed by atoms with van der Waals surface area (Å²) in [6.45, 7) is 8.04. The first-order valence-corrected chi connectivity index (χ1v) is 6.21. The van der Waals surface area contributed by atoms with Crippen molar-refractivity contribution in [2.75, 3.05) is 33.3 Å². The Morgan fingerprint density at radius 1 is 1.62 bits per heavy atom. The number of carbonyl (C=O) groups excluding carboxylic acids is 1. The van der Waals surface area contributed by atoms with Crippen molar-refractivity contribution in [3.05, 3.63) is 0 Å². The molecule has 1 aliphatic rings. The van der Waals surface area contributed by atoms with Crippen LogP contribution in [-0.4, -0.2) is 50.2 Å². The van der Waals surface area contributed by atoms with Crippen LogP contribution in [0.3, 0.4) is 0 Å². The number of hydrogen-bond acceptors (Lipinski definition) is 4. The second kappa shape index (κ2) is 6.86. The summed E-state index contributed by atoms with van der Waals surface area (Å²) < 4.78 is 4.81. The fourth-order valence-corrected chi connectivity index (χ4v) is 2.32. The minimum absolute atomic E-state index is 0.153. The summed E-state index contributed by atoms with van der Waals surface area (Å²) in [5.74, 6) is 0.591. The Bertz CT molecular complexity index is 221. The number of methoxy groups -OCH3 is 1. The summed E-state index contributed by atoms with van der Waals surface area (Å²) in [5.41, 5.74) is 0. The van der Waals surface area contributed by atoms with Crippen LogP contribution in [0, 0.1) is 5.92 Å². The molecule has 0 aliphatic carbocycles. The molecule has 1 saturated heterocycles. The zero-order chi connectivity index (χ0) is 12.0. The van der Waals surface area contributed by atoms with Crippen LogP contribution in [0.2, 0.25) is 0 Å². The first-order chi connectivity index (χ1) is 7.67. The Morgan fingerprint density at radius 3 is 2.94 bits per heavy atom. The Hall–Kier alpha value is -0.610. The molecule has 0 radical (unpaired) electrons. The first kappa shape index (κ1) is 13.5. The smallest absolute Gasteiger partial charge is 0.324 e. The van der Waals surface area contributed by atoms with Crippen LogP contribution in [0.25, 0.3) is 0 Å². The third-order valence-electron chi connectivity index (χ3n) is 3.12. The molecule has 0 bridgehead atoms. The fourth-order valence-electron chi connectivity index (χ4n) is 2.32. The predicted molar refractivity (Wildman–Crippen MR) is 64.3 cm³/mol. The molecule has 0 saturated carbocycles. The minimum Gasteiger partial charge on any atom is -0.468 e. The van der Waals surface area contributed by atoms with Gasteiger partial charge in [-0.15, -0.1) is 0 Å². The molecule has 0 aromatic heterocycles. The van der Waals surface area contributed by atoms with Gasteiger partial charge in [0.05, 0.1) is 7.11 Å². The molecule has 4 heteroatoms. The van der Waals surface area contributed by atoms with Gasteiger partial charge in [0.15, 0.2) is 0 Å². The SMILES string of the molecule is CCNC(CN1CCCC(C)C1)C(=O)OC. The summed E-state index contributed by atoms with van der Waals surface area (Å²) in [4.78, 5) is 13.9. The molecular formula is C12H24N2O2. The van der Waals surface area contributed by atoms with Gasteiger partial charge in [-0.3, -0.25) is 4.79 Å². The monoisotopic (exact) mass is 228 g/mol. The third kappa shape index (κ3) is 4.10. The van der Waals surface area contributed by atoms with Crippen molar-refractivity contribution in [2.45, 2.75) is 32.7 Å². The average molecular weight is 228 g/mol. The van der Waals surface area contributed by atoms with E-state index in [9.17, 15) is 4.79 Å². The number of piperidine rings is 1. The molecule has 4 nitrogen and oxygen atoms in total.